The van der Waals surface area contributed by atoms with E-state index in [0.29, 0.717) is 5.56 Å². The van der Waals surface area contributed by atoms with Crippen LogP contribution in [0.3, 0.4) is 0 Å². The highest BCUT2D eigenvalue weighted by molar-refractivity contribution is 9.13. The molecule has 1 aromatic carbocycles. The molecule has 4 nitrogen and oxygen atoms in total. The molecule has 1 fully saturated rings. The summed E-state index contributed by atoms with van der Waals surface area (Å²) in [6.45, 7) is 0. The fourth-order valence-corrected chi connectivity index (χ4v) is 3.47. The number of hydrogen-bond acceptors (Lipinski definition) is 2. The highest BCUT2D eigenvalue weighted by Gasteiger charge is 2.22. The van der Waals surface area contributed by atoms with Gasteiger partial charge in [-0.25, -0.2) is 0 Å². The molecule has 0 atom stereocenters. The van der Waals surface area contributed by atoms with E-state index in [9.17, 15) is 9.90 Å². The minimum Gasteiger partial charge on any atom is -0.393 e. The molecule has 2 aromatic rings. The van der Waals surface area contributed by atoms with Gasteiger partial charge >= 0.3 is 0 Å². The van der Waals surface area contributed by atoms with Crippen molar-refractivity contribution in [3.8, 4) is 0 Å². The van der Waals surface area contributed by atoms with E-state index in [1.165, 1.54) is 0 Å². The maximum absolute atomic E-state index is 12.4. The molecule has 0 spiro atoms. The van der Waals surface area contributed by atoms with Crippen molar-refractivity contribution in [2.45, 2.75) is 37.8 Å². The van der Waals surface area contributed by atoms with Gasteiger partial charge in [0.05, 0.1) is 11.7 Å². The van der Waals surface area contributed by atoms with E-state index in [0.717, 1.165) is 45.5 Å². The highest BCUT2D eigenvalue weighted by atomic mass is 79.9. The molecule has 1 amide bonds. The Bertz CT molecular complexity index is 676. The molecule has 112 valence electrons. The molecule has 21 heavy (non-hydrogen) atoms. The van der Waals surface area contributed by atoms with Gasteiger partial charge in [0.15, 0.2) is 0 Å². The fourth-order valence-electron chi connectivity index (χ4n) is 2.79. The number of aliphatic hydroxyl groups is 1. The molecule has 0 radical (unpaired) electrons. The van der Waals surface area contributed by atoms with Gasteiger partial charge in [0.1, 0.15) is 0 Å². The van der Waals surface area contributed by atoms with Gasteiger partial charge in [-0.2, -0.15) is 0 Å². The second kappa shape index (κ2) is 6.10. The number of benzene rings is 1. The van der Waals surface area contributed by atoms with Gasteiger partial charge in [0.25, 0.3) is 5.91 Å². The van der Waals surface area contributed by atoms with Crippen molar-refractivity contribution in [2.24, 2.45) is 0 Å². The first-order valence-electron chi connectivity index (χ1n) is 6.99. The maximum atomic E-state index is 12.4. The van der Waals surface area contributed by atoms with Crippen LogP contribution in [0, 0.1) is 0 Å². The summed E-state index contributed by atoms with van der Waals surface area (Å²) in [4.78, 5) is 15.6. The predicted octanol–water partition coefficient (Wildman–Crippen LogP) is 3.73. The van der Waals surface area contributed by atoms with Gasteiger partial charge < -0.3 is 15.4 Å². The zero-order valence-corrected chi connectivity index (χ0v) is 14.5. The third kappa shape index (κ3) is 3.17. The molecule has 0 saturated heterocycles. The molecule has 0 bridgehead atoms. The molecular weight excluding hydrogens is 400 g/mol. The zero-order chi connectivity index (χ0) is 15.0. The number of rotatable bonds is 2. The fraction of sp³-hybridized carbons (Fsp3) is 0.400. The van der Waals surface area contributed by atoms with Gasteiger partial charge in [0.2, 0.25) is 0 Å². The van der Waals surface area contributed by atoms with Crippen LogP contribution in [0.2, 0.25) is 0 Å². The van der Waals surface area contributed by atoms with Crippen molar-refractivity contribution in [2.75, 3.05) is 0 Å². The minimum atomic E-state index is -0.209. The Morgan fingerprint density at radius 3 is 2.57 bits per heavy atom. The summed E-state index contributed by atoms with van der Waals surface area (Å²) in [5.41, 5.74) is 1.58. The molecule has 3 N–H and O–H groups in total. The minimum absolute atomic E-state index is 0.0585. The summed E-state index contributed by atoms with van der Waals surface area (Å²) >= 11 is 6.93. The molecule has 3 rings (SSSR count). The third-order valence-electron chi connectivity index (χ3n) is 4.00. The SMILES string of the molecule is O=C(NC1CCC(O)CC1)c1c[nH]c2cc(Br)c(Br)cc12. The van der Waals surface area contributed by atoms with Gasteiger partial charge in [-0.1, -0.05) is 0 Å². The lowest BCUT2D eigenvalue weighted by molar-refractivity contribution is 0.0869. The summed E-state index contributed by atoms with van der Waals surface area (Å²) in [7, 11) is 0. The Balaban J connectivity index is 1.80. The van der Waals surface area contributed by atoms with E-state index in [4.69, 9.17) is 0 Å². The number of halogens is 2. The molecular formula is C15H16Br2N2O2. The van der Waals surface area contributed by atoms with Crippen LogP contribution in [-0.2, 0) is 0 Å². The van der Waals surface area contributed by atoms with Crippen molar-refractivity contribution in [1.29, 1.82) is 0 Å². The average Bonchev–Trinajstić information content (AvgIpc) is 2.85. The number of fused-ring (bicyclic) bond motifs is 1. The summed E-state index contributed by atoms with van der Waals surface area (Å²) in [5, 5.41) is 13.5. The van der Waals surface area contributed by atoms with E-state index >= 15 is 0 Å². The zero-order valence-electron chi connectivity index (χ0n) is 11.3. The number of carbonyl (C=O) groups excluding carboxylic acids is 1. The number of aromatic amines is 1. The summed E-state index contributed by atoms with van der Waals surface area (Å²) in [6, 6.07) is 4.05. The smallest absolute Gasteiger partial charge is 0.253 e. The molecule has 1 heterocycles. The summed E-state index contributed by atoms with van der Waals surface area (Å²) < 4.78 is 1.87. The van der Waals surface area contributed by atoms with E-state index in [1.54, 1.807) is 6.20 Å². The van der Waals surface area contributed by atoms with E-state index in [1.807, 2.05) is 12.1 Å². The van der Waals surface area contributed by atoms with Crippen LogP contribution in [0.1, 0.15) is 36.0 Å². The van der Waals surface area contributed by atoms with Crippen LogP contribution >= 0.6 is 31.9 Å². The van der Waals surface area contributed by atoms with Crippen LogP contribution in [0.4, 0.5) is 0 Å². The van der Waals surface area contributed by atoms with Crippen LogP contribution in [-0.4, -0.2) is 28.1 Å². The summed E-state index contributed by atoms with van der Waals surface area (Å²) in [6.07, 6.45) is 4.74. The van der Waals surface area contributed by atoms with Crippen molar-refractivity contribution in [3.05, 3.63) is 32.8 Å². The second-order valence-electron chi connectivity index (χ2n) is 5.49. The molecule has 0 aliphatic heterocycles. The predicted molar refractivity (Wildman–Crippen MR) is 89.4 cm³/mol. The standard InChI is InChI=1S/C15H16Br2N2O2/c16-12-5-10-11(7-18-14(10)6-13(12)17)15(21)19-8-1-3-9(20)4-2-8/h5-9,18,20H,1-4H2,(H,19,21). The Kier molecular flexibility index (Phi) is 4.38. The van der Waals surface area contributed by atoms with Gasteiger partial charge in [-0.3, -0.25) is 4.79 Å². The Morgan fingerprint density at radius 1 is 1.19 bits per heavy atom. The summed E-state index contributed by atoms with van der Waals surface area (Å²) in [5.74, 6) is -0.0585. The largest absolute Gasteiger partial charge is 0.393 e. The number of aromatic nitrogens is 1. The Morgan fingerprint density at radius 2 is 1.86 bits per heavy atom. The number of carbonyl (C=O) groups is 1. The lowest BCUT2D eigenvalue weighted by atomic mass is 9.93. The Hall–Kier alpha value is -0.850. The van der Waals surface area contributed by atoms with Crippen molar-refractivity contribution in [1.82, 2.24) is 10.3 Å². The van der Waals surface area contributed by atoms with Crippen LogP contribution in [0.25, 0.3) is 10.9 Å². The van der Waals surface area contributed by atoms with Gasteiger partial charge in [-0.15, -0.1) is 0 Å². The van der Waals surface area contributed by atoms with Crippen molar-refractivity contribution >= 4 is 48.7 Å². The first-order valence-corrected chi connectivity index (χ1v) is 8.58. The first kappa shape index (κ1) is 15.1. The number of amides is 1. The van der Waals surface area contributed by atoms with Crippen molar-refractivity contribution < 1.29 is 9.90 Å². The molecule has 0 unspecified atom stereocenters. The third-order valence-corrected chi connectivity index (χ3v) is 5.84. The van der Waals surface area contributed by atoms with Crippen LogP contribution in [0.5, 0.6) is 0 Å². The molecule has 1 aliphatic rings. The van der Waals surface area contributed by atoms with Crippen LogP contribution < -0.4 is 5.32 Å². The molecule has 1 saturated carbocycles. The lowest BCUT2D eigenvalue weighted by Crippen LogP contribution is -2.38. The quantitative estimate of drug-likeness (QED) is 0.699. The van der Waals surface area contributed by atoms with E-state index in [2.05, 4.69) is 42.2 Å². The van der Waals surface area contributed by atoms with Crippen molar-refractivity contribution in [3.63, 3.8) is 0 Å². The molecule has 1 aliphatic carbocycles. The van der Waals surface area contributed by atoms with E-state index in [-0.39, 0.29) is 18.1 Å². The number of H-pyrrole nitrogens is 1. The monoisotopic (exact) mass is 414 g/mol. The number of aliphatic hydroxyl groups excluding tert-OH is 1. The van der Waals surface area contributed by atoms with Crippen LogP contribution in [0.15, 0.2) is 27.3 Å². The molecule has 6 heteroatoms. The van der Waals surface area contributed by atoms with E-state index < -0.39 is 0 Å². The maximum Gasteiger partial charge on any atom is 0.253 e. The number of nitrogens with one attached hydrogen (secondary N) is 2. The van der Waals surface area contributed by atoms with Gasteiger partial charge in [-0.05, 0) is 69.7 Å². The average molecular weight is 416 g/mol. The normalized spacial score (nSPS) is 22.4. The first-order chi connectivity index (χ1) is 10.0. The topological polar surface area (TPSA) is 65.1 Å². The molecule has 1 aromatic heterocycles. The number of hydrogen-bond donors (Lipinski definition) is 3. The second-order valence-corrected chi connectivity index (χ2v) is 7.20. The highest BCUT2D eigenvalue weighted by Crippen LogP contribution is 2.30. The van der Waals surface area contributed by atoms with Gasteiger partial charge in [0, 0.05) is 32.1 Å². The lowest BCUT2D eigenvalue weighted by Gasteiger charge is -2.26. The Labute approximate surface area is 139 Å².